The van der Waals surface area contributed by atoms with Gasteiger partial charge in [-0.1, -0.05) is 6.92 Å². The summed E-state index contributed by atoms with van der Waals surface area (Å²) < 4.78 is 2.93. The predicted molar refractivity (Wildman–Crippen MR) is 86.0 cm³/mol. The van der Waals surface area contributed by atoms with E-state index >= 15 is 0 Å². The van der Waals surface area contributed by atoms with Gasteiger partial charge in [-0.25, -0.2) is 4.98 Å². The van der Waals surface area contributed by atoms with Crippen molar-refractivity contribution < 1.29 is 0 Å². The molecule has 0 fully saturated rings. The van der Waals surface area contributed by atoms with E-state index in [1.54, 1.807) is 29.2 Å². The van der Waals surface area contributed by atoms with Gasteiger partial charge in [-0.3, -0.25) is 9.78 Å². The van der Waals surface area contributed by atoms with Gasteiger partial charge in [0, 0.05) is 17.2 Å². The van der Waals surface area contributed by atoms with Gasteiger partial charge in [0.15, 0.2) is 0 Å². The lowest BCUT2D eigenvalue weighted by molar-refractivity contribution is 0.728. The summed E-state index contributed by atoms with van der Waals surface area (Å²) >= 11 is 6.61. The SMILES string of the molecule is CCCNc1cnc(Cn2cc(Br)cc(Br)c2=O)cn1. The molecule has 106 valence electrons. The molecule has 0 aliphatic carbocycles. The third-order valence-electron chi connectivity index (χ3n) is 2.60. The first-order chi connectivity index (χ1) is 9.60. The minimum absolute atomic E-state index is 0.0943. The molecule has 5 nitrogen and oxygen atoms in total. The normalized spacial score (nSPS) is 10.6. The van der Waals surface area contributed by atoms with E-state index in [0.29, 0.717) is 11.0 Å². The lowest BCUT2D eigenvalue weighted by Gasteiger charge is -2.08. The maximum Gasteiger partial charge on any atom is 0.265 e. The molecule has 0 saturated heterocycles. The second kappa shape index (κ2) is 6.99. The van der Waals surface area contributed by atoms with Crippen molar-refractivity contribution in [1.82, 2.24) is 14.5 Å². The number of hydrogen-bond donors (Lipinski definition) is 1. The molecule has 1 N–H and O–H groups in total. The Labute approximate surface area is 133 Å². The molecule has 0 saturated carbocycles. The number of nitrogens with zero attached hydrogens (tertiary/aromatic N) is 3. The Kier molecular flexibility index (Phi) is 5.31. The monoisotopic (exact) mass is 400 g/mol. The quantitative estimate of drug-likeness (QED) is 0.836. The molecule has 0 bridgehead atoms. The Balaban J connectivity index is 2.16. The number of pyridine rings is 1. The van der Waals surface area contributed by atoms with E-state index < -0.39 is 0 Å². The number of nitrogens with one attached hydrogen (secondary N) is 1. The lowest BCUT2D eigenvalue weighted by Crippen LogP contribution is -2.21. The fourth-order valence-electron chi connectivity index (χ4n) is 1.64. The summed E-state index contributed by atoms with van der Waals surface area (Å²) in [5.74, 6) is 0.748. The molecular weight excluding hydrogens is 388 g/mol. The molecule has 0 unspecified atom stereocenters. The smallest absolute Gasteiger partial charge is 0.265 e. The van der Waals surface area contributed by atoms with Crippen LogP contribution in [0.4, 0.5) is 5.82 Å². The molecule has 0 aliphatic heterocycles. The molecule has 0 radical (unpaired) electrons. The summed E-state index contributed by atoms with van der Waals surface area (Å²) in [6.45, 7) is 3.34. The van der Waals surface area contributed by atoms with Crippen LogP contribution in [-0.4, -0.2) is 21.1 Å². The standard InChI is InChI=1S/C13H14Br2N4O/c1-2-3-16-12-6-17-10(5-18-12)8-19-7-9(14)4-11(15)13(19)20/h4-7H,2-3,8H2,1H3,(H,16,18). The van der Waals surface area contributed by atoms with Crippen LogP contribution in [0.5, 0.6) is 0 Å². The average molecular weight is 402 g/mol. The molecule has 0 atom stereocenters. The summed E-state index contributed by atoms with van der Waals surface area (Å²) in [7, 11) is 0. The van der Waals surface area contributed by atoms with Crippen molar-refractivity contribution in [3.8, 4) is 0 Å². The average Bonchev–Trinajstić information content (AvgIpc) is 2.43. The zero-order chi connectivity index (χ0) is 14.5. The lowest BCUT2D eigenvalue weighted by atomic mass is 10.4. The van der Waals surface area contributed by atoms with Crippen molar-refractivity contribution in [2.75, 3.05) is 11.9 Å². The fourth-order valence-corrected chi connectivity index (χ4v) is 2.90. The van der Waals surface area contributed by atoms with Crippen LogP contribution in [0.15, 0.2) is 38.4 Å². The third kappa shape index (κ3) is 3.89. The van der Waals surface area contributed by atoms with Crippen molar-refractivity contribution in [3.05, 3.63) is 49.7 Å². The summed E-state index contributed by atoms with van der Waals surface area (Å²) in [6, 6.07) is 1.72. The zero-order valence-electron chi connectivity index (χ0n) is 10.9. The van der Waals surface area contributed by atoms with Crippen LogP contribution in [0, 0.1) is 0 Å². The van der Waals surface area contributed by atoms with E-state index in [1.165, 1.54) is 0 Å². The van der Waals surface area contributed by atoms with Gasteiger partial charge in [0.25, 0.3) is 5.56 Å². The Morgan fingerprint density at radius 1 is 1.30 bits per heavy atom. The van der Waals surface area contributed by atoms with Crippen LogP contribution in [-0.2, 0) is 6.54 Å². The van der Waals surface area contributed by atoms with E-state index in [-0.39, 0.29) is 5.56 Å². The second-order valence-corrected chi connectivity index (χ2v) is 6.03. The molecule has 2 aromatic heterocycles. The van der Waals surface area contributed by atoms with Gasteiger partial charge in [-0.05, 0) is 44.3 Å². The third-order valence-corrected chi connectivity index (χ3v) is 3.60. The summed E-state index contributed by atoms with van der Waals surface area (Å²) in [5, 5.41) is 3.16. The van der Waals surface area contributed by atoms with Crippen LogP contribution in [0.2, 0.25) is 0 Å². The van der Waals surface area contributed by atoms with Crippen LogP contribution in [0.1, 0.15) is 19.0 Å². The van der Waals surface area contributed by atoms with Gasteiger partial charge in [0.05, 0.1) is 29.1 Å². The number of hydrogen-bond acceptors (Lipinski definition) is 4. The molecule has 20 heavy (non-hydrogen) atoms. The molecule has 0 amide bonds. The Morgan fingerprint density at radius 3 is 2.75 bits per heavy atom. The first-order valence-electron chi connectivity index (χ1n) is 6.20. The molecule has 0 aromatic carbocycles. The Bertz CT molecular complexity index is 640. The van der Waals surface area contributed by atoms with Crippen molar-refractivity contribution in [2.24, 2.45) is 0 Å². The minimum atomic E-state index is -0.0943. The van der Waals surface area contributed by atoms with Gasteiger partial charge in [-0.15, -0.1) is 0 Å². The predicted octanol–water partition coefficient (Wildman–Crippen LogP) is 3.03. The second-order valence-electron chi connectivity index (χ2n) is 4.26. The first-order valence-corrected chi connectivity index (χ1v) is 7.79. The van der Waals surface area contributed by atoms with Crippen molar-refractivity contribution in [3.63, 3.8) is 0 Å². The highest BCUT2D eigenvalue weighted by Gasteiger charge is 2.05. The van der Waals surface area contributed by atoms with Crippen molar-refractivity contribution in [1.29, 1.82) is 0 Å². The van der Waals surface area contributed by atoms with Crippen molar-refractivity contribution >= 4 is 37.7 Å². The zero-order valence-corrected chi connectivity index (χ0v) is 14.1. The number of aromatic nitrogens is 3. The fraction of sp³-hybridized carbons (Fsp3) is 0.308. The number of rotatable bonds is 5. The van der Waals surface area contributed by atoms with Crippen LogP contribution < -0.4 is 10.9 Å². The highest BCUT2D eigenvalue weighted by atomic mass is 79.9. The summed E-state index contributed by atoms with van der Waals surface area (Å²) in [4.78, 5) is 20.6. The maximum absolute atomic E-state index is 12.0. The van der Waals surface area contributed by atoms with E-state index in [1.807, 2.05) is 0 Å². The number of anilines is 1. The maximum atomic E-state index is 12.0. The van der Waals surface area contributed by atoms with Crippen LogP contribution in [0.25, 0.3) is 0 Å². The highest BCUT2D eigenvalue weighted by Crippen LogP contribution is 2.13. The first kappa shape index (κ1) is 15.2. The van der Waals surface area contributed by atoms with Gasteiger partial charge >= 0.3 is 0 Å². The largest absolute Gasteiger partial charge is 0.369 e. The van der Waals surface area contributed by atoms with Gasteiger partial charge in [-0.2, -0.15) is 0 Å². The van der Waals surface area contributed by atoms with E-state index in [0.717, 1.165) is 29.0 Å². The van der Waals surface area contributed by atoms with E-state index in [4.69, 9.17) is 0 Å². The topological polar surface area (TPSA) is 59.8 Å². The molecule has 0 spiro atoms. The van der Waals surface area contributed by atoms with Gasteiger partial charge in [0.2, 0.25) is 0 Å². The van der Waals surface area contributed by atoms with Crippen molar-refractivity contribution in [2.45, 2.75) is 19.9 Å². The highest BCUT2D eigenvalue weighted by molar-refractivity contribution is 9.11. The molecule has 2 heterocycles. The van der Waals surface area contributed by atoms with E-state index in [2.05, 4.69) is 54.1 Å². The molecule has 2 aromatic rings. The molecule has 0 aliphatic rings. The Hall–Kier alpha value is -1.21. The molecule has 2 rings (SSSR count). The minimum Gasteiger partial charge on any atom is -0.369 e. The van der Waals surface area contributed by atoms with Gasteiger partial charge in [0.1, 0.15) is 5.82 Å². The van der Waals surface area contributed by atoms with Crippen LogP contribution in [0.3, 0.4) is 0 Å². The Morgan fingerprint density at radius 2 is 2.10 bits per heavy atom. The summed E-state index contributed by atoms with van der Waals surface area (Å²) in [5.41, 5.74) is 0.641. The van der Waals surface area contributed by atoms with Crippen LogP contribution >= 0.6 is 31.9 Å². The summed E-state index contributed by atoms with van der Waals surface area (Å²) in [6.07, 6.45) is 6.13. The van der Waals surface area contributed by atoms with Gasteiger partial charge < -0.3 is 9.88 Å². The number of halogens is 2. The molecule has 7 heteroatoms. The van der Waals surface area contributed by atoms with E-state index in [9.17, 15) is 4.79 Å². The molecular formula is C13H14Br2N4O.